The third-order valence-corrected chi connectivity index (χ3v) is 2.63. The molecule has 0 heterocycles. The van der Waals surface area contributed by atoms with Crippen LogP contribution in [0.15, 0.2) is 12.2 Å². The summed E-state index contributed by atoms with van der Waals surface area (Å²) in [7, 11) is 0. The molecule has 14 heavy (non-hydrogen) atoms. The lowest BCUT2D eigenvalue weighted by molar-refractivity contribution is -0.119. The minimum atomic E-state index is -0.00401. The first kappa shape index (κ1) is 13.2. The van der Waals surface area contributed by atoms with E-state index >= 15 is 0 Å². The molecule has 0 aromatic carbocycles. The van der Waals surface area contributed by atoms with Crippen molar-refractivity contribution < 1.29 is 9.59 Å². The molecule has 0 spiro atoms. The van der Waals surface area contributed by atoms with Gasteiger partial charge in [-0.2, -0.15) is 0 Å². The Kier molecular flexibility index (Phi) is 7.20. The van der Waals surface area contributed by atoms with Gasteiger partial charge in [-0.1, -0.05) is 18.3 Å². The average Bonchev–Trinajstić information content (AvgIpc) is 2.09. The molecular weight excluding hydrogens is 198 g/mol. The van der Waals surface area contributed by atoms with Gasteiger partial charge >= 0.3 is 0 Å². The highest BCUT2D eigenvalue weighted by Gasteiger charge is 2.01. The van der Waals surface area contributed by atoms with Gasteiger partial charge in [-0.25, -0.2) is 0 Å². The average molecular weight is 215 g/mol. The Bertz CT molecular complexity index is 226. The van der Waals surface area contributed by atoms with E-state index in [4.69, 9.17) is 0 Å². The van der Waals surface area contributed by atoms with Crippen molar-refractivity contribution in [2.24, 2.45) is 0 Å². The summed E-state index contributed by atoms with van der Waals surface area (Å²) in [4.78, 5) is 21.6. The Morgan fingerprint density at radius 2 is 1.93 bits per heavy atom. The Morgan fingerprint density at radius 3 is 2.43 bits per heavy atom. The summed E-state index contributed by atoms with van der Waals surface area (Å²) >= 11 is 1.29. The molecule has 0 aliphatic rings. The van der Waals surface area contributed by atoms with Crippen LogP contribution >= 0.6 is 11.8 Å². The van der Waals surface area contributed by atoms with Crippen LogP contribution in [0.4, 0.5) is 0 Å². The molecule has 0 radical (unpaired) electrons. The van der Waals surface area contributed by atoms with E-state index in [1.54, 1.807) is 6.92 Å². The molecule has 0 aromatic rings. The fourth-order valence-electron chi connectivity index (χ4n) is 0.780. The lowest BCUT2D eigenvalue weighted by atomic mass is 10.3. The van der Waals surface area contributed by atoms with Gasteiger partial charge in [-0.05, 0) is 25.3 Å². The number of thioether (sulfide) groups is 1. The van der Waals surface area contributed by atoms with E-state index in [-0.39, 0.29) is 11.0 Å². The number of unbranched alkanes of at least 4 members (excludes halogenated alkanes) is 1. The van der Waals surface area contributed by atoms with Crippen LogP contribution in [0.2, 0.25) is 0 Å². The smallest absolute Gasteiger partial charge is 0.216 e. The maximum absolute atomic E-state index is 11.1. The lowest BCUT2D eigenvalue weighted by Crippen LogP contribution is -2.20. The largest absolute Gasteiger partial charge is 0.356 e. The second-order valence-corrected chi connectivity index (χ2v) is 4.17. The summed E-state index contributed by atoms with van der Waals surface area (Å²) in [6.07, 6.45) is 1.85. The number of hydrogen-bond acceptors (Lipinski definition) is 3. The number of hydrogen-bond donors (Lipinski definition) is 1. The molecule has 0 aromatic heterocycles. The van der Waals surface area contributed by atoms with E-state index in [0.29, 0.717) is 12.1 Å². The van der Waals surface area contributed by atoms with Gasteiger partial charge in [-0.3, -0.25) is 9.59 Å². The van der Waals surface area contributed by atoms with Crippen molar-refractivity contribution >= 4 is 22.8 Å². The number of carbonyl (C=O) groups is 2. The molecule has 0 unspecified atom stereocenters. The number of carbonyl (C=O) groups excluding carboxylic acids is 2. The van der Waals surface area contributed by atoms with Crippen LogP contribution in [0.1, 0.15) is 26.7 Å². The highest BCUT2D eigenvalue weighted by atomic mass is 32.2. The molecule has 0 bridgehead atoms. The molecular formula is C10H17NO2S. The zero-order valence-corrected chi connectivity index (χ0v) is 9.58. The van der Waals surface area contributed by atoms with Crippen LogP contribution in [0.25, 0.3) is 0 Å². The van der Waals surface area contributed by atoms with Crippen molar-refractivity contribution in [2.45, 2.75) is 26.7 Å². The van der Waals surface area contributed by atoms with Gasteiger partial charge in [0.1, 0.15) is 0 Å². The van der Waals surface area contributed by atoms with E-state index in [0.717, 1.165) is 18.6 Å². The maximum Gasteiger partial charge on any atom is 0.216 e. The van der Waals surface area contributed by atoms with Crippen molar-refractivity contribution in [1.82, 2.24) is 5.32 Å². The highest BCUT2D eigenvalue weighted by Crippen LogP contribution is 2.10. The summed E-state index contributed by atoms with van der Waals surface area (Å²) in [6.45, 7) is 7.47. The van der Waals surface area contributed by atoms with E-state index in [2.05, 4.69) is 11.9 Å². The number of amides is 1. The molecule has 0 fully saturated rings. The van der Waals surface area contributed by atoms with E-state index in [1.165, 1.54) is 18.7 Å². The molecule has 0 aliphatic carbocycles. The van der Waals surface area contributed by atoms with Gasteiger partial charge in [0.25, 0.3) is 0 Å². The van der Waals surface area contributed by atoms with Gasteiger partial charge in [0, 0.05) is 19.2 Å². The summed E-state index contributed by atoms with van der Waals surface area (Å²) in [5, 5.41) is 2.77. The first-order chi connectivity index (χ1) is 6.54. The lowest BCUT2D eigenvalue weighted by Gasteiger charge is -2.01. The number of nitrogens with one attached hydrogen (secondary N) is 1. The summed E-state index contributed by atoms with van der Waals surface area (Å²) in [5.41, 5.74) is 0.594. The fraction of sp³-hybridized carbons (Fsp3) is 0.600. The minimum absolute atomic E-state index is 0.00401. The van der Waals surface area contributed by atoms with Crippen molar-refractivity contribution in [3.05, 3.63) is 12.2 Å². The quantitative estimate of drug-likeness (QED) is 0.542. The molecule has 0 saturated carbocycles. The molecule has 0 rings (SSSR count). The van der Waals surface area contributed by atoms with Crippen LogP contribution in [0, 0.1) is 0 Å². The van der Waals surface area contributed by atoms with Crippen LogP contribution in [0.3, 0.4) is 0 Å². The molecule has 0 aliphatic heterocycles. The predicted molar refractivity (Wildman–Crippen MR) is 60.2 cm³/mol. The standard InChI is InChI=1S/C10H17NO2S/c1-8(2)10(13)14-7-5-4-6-11-9(3)12/h1,4-7H2,2-3H3,(H,11,12). The molecule has 4 heteroatoms. The van der Waals surface area contributed by atoms with E-state index < -0.39 is 0 Å². The zero-order valence-electron chi connectivity index (χ0n) is 8.76. The molecule has 0 atom stereocenters. The zero-order chi connectivity index (χ0) is 11.0. The molecule has 3 nitrogen and oxygen atoms in total. The SMILES string of the molecule is C=C(C)C(=O)SCCCCNC(C)=O. The van der Waals surface area contributed by atoms with Gasteiger partial charge in [-0.15, -0.1) is 0 Å². The van der Waals surface area contributed by atoms with Gasteiger partial charge in [0.05, 0.1) is 0 Å². The predicted octanol–water partition coefficient (Wildman–Crippen LogP) is 1.74. The van der Waals surface area contributed by atoms with Crippen LogP contribution < -0.4 is 5.32 Å². The van der Waals surface area contributed by atoms with Crippen molar-refractivity contribution in [2.75, 3.05) is 12.3 Å². The summed E-state index contributed by atoms with van der Waals surface area (Å²) in [6, 6.07) is 0. The van der Waals surface area contributed by atoms with E-state index in [1.807, 2.05) is 0 Å². The van der Waals surface area contributed by atoms with Crippen LogP contribution in [0.5, 0.6) is 0 Å². The van der Waals surface area contributed by atoms with Gasteiger partial charge < -0.3 is 5.32 Å². The maximum atomic E-state index is 11.1. The topological polar surface area (TPSA) is 46.2 Å². The number of rotatable bonds is 6. The normalized spacial score (nSPS) is 9.57. The van der Waals surface area contributed by atoms with Crippen LogP contribution in [-0.4, -0.2) is 23.3 Å². The third kappa shape index (κ3) is 7.86. The molecule has 0 saturated heterocycles. The highest BCUT2D eigenvalue weighted by molar-refractivity contribution is 8.14. The van der Waals surface area contributed by atoms with Crippen LogP contribution in [-0.2, 0) is 9.59 Å². The molecule has 1 amide bonds. The van der Waals surface area contributed by atoms with E-state index in [9.17, 15) is 9.59 Å². The first-order valence-corrected chi connectivity index (χ1v) is 5.59. The van der Waals surface area contributed by atoms with Crippen molar-refractivity contribution in [3.63, 3.8) is 0 Å². The van der Waals surface area contributed by atoms with Gasteiger partial charge in [0.2, 0.25) is 11.0 Å². The second kappa shape index (κ2) is 7.62. The fourth-order valence-corrected chi connectivity index (χ4v) is 1.56. The molecule has 80 valence electrons. The monoisotopic (exact) mass is 215 g/mol. The Balaban J connectivity index is 3.26. The summed E-state index contributed by atoms with van der Waals surface area (Å²) < 4.78 is 0. The Labute approximate surface area is 89.3 Å². The minimum Gasteiger partial charge on any atom is -0.356 e. The third-order valence-electron chi connectivity index (χ3n) is 1.53. The van der Waals surface area contributed by atoms with Crippen molar-refractivity contribution in [1.29, 1.82) is 0 Å². The second-order valence-electron chi connectivity index (χ2n) is 3.11. The van der Waals surface area contributed by atoms with Gasteiger partial charge in [0.15, 0.2) is 0 Å². The Hall–Kier alpha value is -0.770. The van der Waals surface area contributed by atoms with Crippen molar-refractivity contribution in [3.8, 4) is 0 Å². The molecule has 1 N–H and O–H groups in total. The Morgan fingerprint density at radius 1 is 1.29 bits per heavy atom. The first-order valence-electron chi connectivity index (χ1n) is 4.61. The summed E-state index contributed by atoms with van der Waals surface area (Å²) in [5.74, 6) is 0.793.